The molecule has 0 aliphatic carbocycles. The molecule has 0 heterocycles. The van der Waals surface area contributed by atoms with Crippen LogP contribution in [-0.2, 0) is 0 Å². The molecule has 188 valence electrons. The highest BCUT2D eigenvalue weighted by Crippen LogP contribution is 2.38. The van der Waals surface area contributed by atoms with Gasteiger partial charge in [0.2, 0.25) is 0 Å². The van der Waals surface area contributed by atoms with Gasteiger partial charge in [-0.1, -0.05) is 147 Å². The van der Waals surface area contributed by atoms with Crippen molar-refractivity contribution in [2.24, 2.45) is 0 Å². The van der Waals surface area contributed by atoms with Crippen LogP contribution in [0.3, 0.4) is 0 Å². The van der Waals surface area contributed by atoms with Crippen LogP contribution in [0.5, 0.6) is 0 Å². The zero-order valence-corrected chi connectivity index (χ0v) is 22.9. The molecule has 6 aromatic rings. The maximum absolute atomic E-state index is 2.30. The van der Waals surface area contributed by atoms with Crippen LogP contribution in [0.4, 0.5) is 0 Å². The lowest BCUT2D eigenvalue weighted by atomic mass is 9.84. The molecule has 0 bridgehead atoms. The first-order valence-corrected chi connectivity index (χ1v) is 13.6. The van der Waals surface area contributed by atoms with Crippen LogP contribution in [0, 0.1) is 13.8 Å². The van der Waals surface area contributed by atoms with Gasteiger partial charge in [-0.15, -0.1) is 0 Å². The fraction of sp³-hybridized carbons (Fsp3) is 0.158. The SMILES string of the molecule is CC(c1ccccc1)C(C)c1ccccc1.Cc1ccc2ccccc2c1-c1c(C)ccc2ccccc12. The lowest BCUT2D eigenvalue weighted by Crippen LogP contribution is -2.04. The summed E-state index contributed by atoms with van der Waals surface area (Å²) in [5.74, 6) is 1.12. The molecular weight excluding hydrogens is 456 g/mol. The monoisotopic (exact) mass is 492 g/mol. The molecule has 0 saturated heterocycles. The van der Waals surface area contributed by atoms with Crippen molar-refractivity contribution in [3.63, 3.8) is 0 Å². The minimum Gasteiger partial charge on any atom is -0.0622 e. The third-order valence-electron chi connectivity index (χ3n) is 7.93. The Hall–Kier alpha value is -4.16. The molecule has 0 N–H and O–H groups in total. The highest BCUT2D eigenvalue weighted by atomic mass is 14.2. The number of rotatable bonds is 4. The van der Waals surface area contributed by atoms with E-state index in [2.05, 4.69) is 161 Å². The number of hydrogen-bond donors (Lipinski definition) is 0. The van der Waals surface area contributed by atoms with Crippen molar-refractivity contribution in [3.05, 3.63) is 156 Å². The lowest BCUT2D eigenvalue weighted by Gasteiger charge is -2.20. The zero-order valence-electron chi connectivity index (χ0n) is 22.9. The van der Waals surface area contributed by atoms with Crippen molar-refractivity contribution in [1.29, 1.82) is 0 Å². The number of hydrogen-bond acceptors (Lipinski definition) is 0. The summed E-state index contributed by atoms with van der Waals surface area (Å²) >= 11 is 0. The molecule has 0 spiro atoms. The highest BCUT2D eigenvalue weighted by Gasteiger charge is 2.15. The van der Waals surface area contributed by atoms with Crippen LogP contribution < -0.4 is 0 Å². The van der Waals surface area contributed by atoms with Gasteiger partial charge >= 0.3 is 0 Å². The Morgan fingerprint density at radius 1 is 0.368 bits per heavy atom. The molecule has 0 nitrogen and oxygen atoms in total. The van der Waals surface area contributed by atoms with E-state index in [1.54, 1.807) is 0 Å². The van der Waals surface area contributed by atoms with Crippen molar-refractivity contribution in [3.8, 4) is 11.1 Å². The van der Waals surface area contributed by atoms with Gasteiger partial charge in [0.05, 0.1) is 0 Å². The van der Waals surface area contributed by atoms with E-state index in [0.29, 0.717) is 11.8 Å². The van der Waals surface area contributed by atoms with Gasteiger partial charge in [0.1, 0.15) is 0 Å². The molecule has 6 rings (SSSR count). The van der Waals surface area contributed by atoms with Gasteiger partial charge in [0, 0.05) is 0 Å². The highest BCUT2D eigenvalue weighted by molar-refractivity contribution is 6.07. The van der Waals surface area contributed by atoms with E-state index in [9.17, 15) is 0 Å². The van der Waals surface area contributed by atoms with Crippen LogP contribution in [0.25, 0.3) is 32.7 Å². The van der Waals surface area contributed by atoms with Gasteiger partial charge in [-0.05, 0) is 80.6 Å². The molecule has 0 amide bonds. The number of aryl methyl sites for hydroxylation is 2. The molecule has 0 radical (unpaired) electrons. The second-order valence-electron chi connectivity index (χ2n) is 10.4. The molecule has 0 aliphatic heterocycles. The van der Waals surface area contributed by atoms with E-state index < -0.39 is 0 Å². The smallest absolute Gasteiger partial charge is 0.00672 e. The van der Waals surface area contributed by atoms with Crippen molar-refractivity contribution in [1.82, 2.24) is 0 Å². The maximum atomic E-state index is 2.30. The third-order valence-corrected chi connectivity index (χ3v) is 7.93. The molecule has 6 aromatic carbocycles. The molecular formula is C38H36. The molecule has 38 heavy (non-hydrogen) atoms. The van der Waals surface area contributed by atoms with Gasteiger partial charge in [0.15, 0.2) is 0 Å². The maximum Gasteiger partial charge on any atom is -0.00672 e. The molecule has 0 aromatic heterocycles. The van der Waals surface area contributed by atoms with Gasteiger partial charge in [0.25, 0.3) is 0 Å². The summed E-state index contributed by atoms with van der Waals surface area (Å²) in [4.78, 5) is 0. The second kappa shape index (κ2) is 11.5. The molecule has 2 atom stereocenters. The average molecular weight is 493 g/mol. The summed E-state index contributed by atoms with van der Waals surface area (Å²) in [5, 5.41) is 5.27. The Bertz CT molecular complexity index is 1520. The first kappa shape index (κ1) is 25.5. The largest absolute Gasteiger partial charge is 0.0622 e. The predicted molar refractivity (Wildman–Crippen MR) is 166 cm³/mol. The van der Waals surface area contributed by atoms with Crippen molar-refractivity contribution in [2.45, 2.75) is 39.5 Å². The van der Waals surface area contributed by atoms with Gasteiger partial charge in [-0.25, -0.2) is 0 Å². The average Bonchev–Trinajstić information content (AvgIpc) is 2.98. The molecule has 0 saturated carbocycles. The van der Waals surface area contributed by atoms with E-state index in [4.69, 9.17) is 0 Å². The Morgan fingerprint density at radius 2 is 0.711 bits per heavy atom. The molecule has 0 fully saturated rings. The van der Waals surface area contributed by atoms with Crippen molar-refractivity contribution < 1.29 is 0 Å². The van der Waals surface area contributed by atoms with Crippen LogP contribution in [0.2, 0.25) is 0 Å². The van der Waals surface area contributed by atoms with Crippen LogP contribution in [-0.4, -0.2) is 0 Å². The van der Waals surface area contributed by atoms with E-state index >= 15 is 0 Å². The van der Waals surface area contributed by atoms with Crippen LogP contribution in [0.15, 0.2) is 133 Å². The van der Waals surface area contributed by atoms with Gasteiger partial charge < -0.3 is 0 Å². The molecule has 2 unspecified atom stereocenters. The normalized spacial score (nSPS) is 12.5. The second-order valence-corrected chi connectivity index (χ2v) is 10.4. The van der Waals surface area contributed by atoms with E-state index in [1.165, 1.54) is 54.9 Å². The predicted octanol–water partition coefficient (Wildman–Crippen LogP) is 10.9. The quantitative estimate of drug-likeness (QED) is 0.229. The van der Waals surface area contributed by atoms with Gasteiger partial charge in [-0.3, -0.25) is 0 Å². The summed E-state index contributed by atoms with van der Waals surface area (Å²) in [7, 11) is 0. The Kier molecular flexibility index (Phi) is 7.70. The fourth-order valence-electron chi connectivity index (χ4n) is 5.52. The Labute approximate surface area is 227 Å². The zero-order chi connectivity index (χ0) is 26.5. The number of fused-ring (bicyclic) bond motifs is 2. The lowest BCUT2D eigenvalue weighted by molar-refractivity contribution is 0.624. The van der Waals surface area contributed by atoms with Gasteiger partial charge in [-0.2, -0.15) is 0 Å². The summed E-state index contributed by atoms with van der Waals surface area (Å²) in [5.41, 5.74) is 8.23. The first-order chi connectivity index (χ1) is 18.5. The standard InChI is InChI=1S/C22H18.C16H18/c1-15-11-13-17-7-3-5-9-19(17)21(15)22-16(2)12-14-18-8-4-6-10-20(18)22;1-13(15-9-5-3-6-10-15)14(2)16-11-7-4-8-12-16/h3-14H,1-2H3;3-14H,1-2H3. The molecule has 0 aliphatic rings. The summed E-state index contributed by atoms with van der Waals surface area (Å²) in [6.07, 6.45) is 0. The first-order valence-electron chi connectivity index (χ1n) is 13.6. The third kappa shape index (κ3) is 5.27. The topological polar surface area (TPSA) is 0 Å². The summed E-state index contributed by atoms with van der Waals surface area (Å²) < 4.78 is 0. The minimum absolute atomic E-state index is 0.559. The fourth-order valence-corrected chi connectivity index (χ4v) is 5.52. The summed E-state index contributed by atoms with van der Waals surface area (Å²) in [6, 6.07) is 47.7. The Morgan fingerprint density at radius 3 is 1.11 bits per heavy atom. The number of benzene rings is 6. The van der Waals surface area contributed by atoms with Crippen LogP contribution >= 0.6 is 0 Å². The van der Waals surface area contributed by atoms with E-state index in [1.807, 2.05) is 0 Å². The van der Waals surface area contributed by atoms with Crippen LogP contribution in [0.1, 0.15) is 47.9 Å². The minimum atomic E-state index is 0.559. The molecule has 0 heteroatoms. The van der Waals surface area contributed by atoms with Crippen molar-refractivity contribution >= 4 is 21.5 Å². The summed E-state index contributed by atoms with van der Waals surface area (Å²) in [6.45, 7) is 9.02. The van der Waals surface area contributed by atoms with E-state index in [-0.39, 0.29) is 0 Å². The van der Waals surface area contributed by atoms with Crippen molar-refractivity contribution in [2.75, 3.05) is 0 Å². The van der Waals surface area contributed by atoms with E-state index in [0.717, 1.165) is 0 Å². The Balaban J connectivity index is 0.000000163.